The Bertz CT molecular complexity index is 133. The van der Waals surface area contributed by atoms with Gasteiger partial charge in [0.2, 0.25) is 0 Å². The fourth-order valence-corrected chi connectivity index (χ4v) is 1.34. The normalized spacial score (nSPS) is 14.0. The van der Waals surface area contributed by atoms with Gasteiger partial charge in [-0.15, -0.1) is 0 Å². The Kier molecular flexibility index (Phi) is 9.66. The van der Waals surface area contributed by atoms with Gasteiger partial charge in [-0.2, -0.15) is 0 Å². The second-order valence-electron chi connectivity index (χ2n) is 3.46. The van der Waals surface area contributed by atoms with Crippen LogP contribution in [-0.4, -0.2) is 5.60 Å². The summed E-state index contributed by atoms with van der Waals surface area (Å²) in [7, 11) is -0.215. The molecule has 0 amide bonds. The molecule has 0 heterocycles. The average Bonchev–Trinajstić information content (AvgIpc) is 1.88. The van der Waals surface area contributed by atoms with Gasteiger partial charge in [0.05, 0.1) is 5.60 Å². The molecule has 0 spiro atoms. The molecule has 0 aromatic rings. The SMILES string of the molecule is CCCC(C)C(C)(C)OP=O.[H-].[Na+]. The molecule has 0 radical (unpaired) electrons. The van der Waals surface area contributed by atoms with Crippen LogP contribution in [0.1, 0.15) is 42.0 Å². The predicted molar refractivity (Wildman–Crippen MR) is 48.0 cm³/mol. The molecule has 0 aliphatic carbocycles. The Balaban J connectivity index is -0.000000500. The summed E-state index contributed by atoms with van der Waals surface area (Å²) < 4.78 is 15.3. The van der Waals surface area contributed by atoms with Gasteiger partial charge in [-0.25, -0.2) is 4.57 Å². The van der Waals surface area contributed by atoms with Gasteiger partial charge in [0.15, 0.2) is 0 Å². The molecule has 2 nitrogen and oxygen atoms in total. The molecule has 0 aromatic heterocycles. The van der Waals surface area contributed by atoms with Crippen molar-refractivity contribution in [2.45, 2.75) is 46.1 Å². The summed E-state index contributed by atoms with van der Waals surface area (Å²) in [6.45, 7) is 8.20. The van der Waals surface area contributed by atoms with E-state index in [4.69, 9.17) is 4.52 Å². The van der Waals surface area contributed by atoms with Crippen molar-refractivity contribution in [2.75, 3.05) is 0 Å². The fourth-order valence-electron chi connectivity index (χ4n) is 0.967. The minimum Gasteiger partial charge on any atom is -1.00 e. The standard InChI is InChI=1S/C8H17O2P.Na.H/c1-5-6-7(2)8(3,4)10-11-9;;/h7H,5-6H2,1-4H3;;/q;+1;-1. The van der Waals surface area contributed by atoms with Gasteiger partial charge in [-0.1, -0.05) is 20.3 Å². The molecule has 0 fully saturated rings. The zero-order valence-electron chi connectivity index (χ0n) is 9.76. The van der Waals surface area contributed by atoms with E-state index in [2.05, 4.69) is 13.8 Å². The molecule has 0 saturated carbocycles. The molecule has 0 rings (SSSR count). The van der Waals surface area contributed by atoms with Gasteiger partial charge in [0.1, 0.15) is 0 Å². The predicted octanol–water partition coefficient (Wildman–Crippen LogP) is 0.541. The molecule has 1 unspecified atom stereocenters. The van der Waals surface area contributed by atoms with E-state index in [1.54, 1.807) is 0 Å². The van der Waals surface area contributed by atoms with E-state index in [1.807, 2.05) is 13.8 Å². The van der Waals surface area contributed by atoms with Crippen LogP contribution in [0.15, 0.2) is 0 Å². The summed E-state index contributed by atoms with van der Waals surface area (Å²) >= 11 is 0. The van der Waals surface area contributed by atoms with E-state index >= 15 is 0 Å². The van der Waals surface area contributed by atoms with E-state index in [9.17, 15) is 4.57 Å². The summed E-state index contributed by atoms with van der Waals surface area (Å²) in [5, 5.41) is 0. The van der Waals surface area contributed by atoms with Crippen LogP contribution in [-0.2, 0) is 9.09 Å². The van der Waals surface area contributed by atoms with Crippen LogP contribution in [0, 0.1) is 5.92 Å². The van der Waals surface area contributed by atoms with Crippen molar-refractivity contribution in [3.63, 3.8) is 0 Å². The van der Waals surface area contributed by atoms with Crippen LogP contribution in [0.25, 0.3) is 0 Å². The first-order chi connectivity index (χ1) is 5.04. The Morgan fingerprint density at radius 2 is 2.08 bits per heavy atom. The molecule has 4 heteroatoms. The van der Waals surface area contributed by atoms with Crippen LogP contribution in [0.5, 0.6) is 0 Å². The van der Waals surface area contributed by atoms with Crippen molar-refractivity contribution >= 4 is 8.69 Å². The van der Waals surface area contributed by atoms with Crippen molar-refractivity contribution in [3.8, 4) is 0 Å². The Morgan fingerprint density at radius 1 is 1.58 bits per heavy atom. The van der Waals surface area contributed by atoms with Crippen molar-refractivity contribution in [2.24, 2.45) is 5.92 Å². The van der Waals surface area contributed by atoms with E-state index in [0.29, 0.717) is 5.92 Å². The maximum absolute atomic E-state index is 10.2. The van der Waals surface area contributed by atoms with E-state index < -0.39 is 0 Å². The first-order valence-corrected chi connectivity index (χ1v) is 4.78. The second kappa shape index (κ2) is 7.46. The van der Waals surface area contributed by atoms with Crippen molar-refractivity contribution in [1.29, 1.82) is 0 Å². The summed E-state index contributed by atoms with van der Waals surface area (Å²) in [6, 6.07) is 0. The van der Waals surface area contributed by atoms with Gasteiger partial charge >= 0.3 is 38.2 Å². The number of rotatable bonds is 5. The second-order valence-corrected chi connectivity index (χ2v) is 3.79. The van der Waals surface area contributed by atoms with Crippen LogP contribution in [0.4, 0.5) is 0 Å². The maximum atomic E-state index is 10.2. The van der Waals surface area contributed by atoms with Crippen LogP contribution in [0.2, 0.25) is 0 Å². The molecule has 0 bridgehead atoms. The molecular weight excluding hydrogens is 182 g/mol. The van der Waals surface area contributed by atoms with Gasteiger partial charge in [0.25, 0.3) is 0 Å². The summed E-state index contributed by atoms with van der Waals surface area (Å²) in [6.07, 6.45) is 2.26. The minimum atomic E-state index is -0.265. The minimum absolute atomic E-state index is 0. The summed E-state index contributed by atoms with van der Waals surface area (Å²) in [4.78, 5) is 0. The van der Waals surface area contributed by atoms with Crippen molar-refractivity contribution in [1.82, 2.24) is 0 Å². The first-order valence-electron chi connectivity index (χ1n) is 4.05. The van der Waals surface area contributed by atoms with E-state index in [0.717, 1.165) is 12.8 Å². The molecule has 0 aromatic carbocycles. The molecule has 0 N–H and O–H groups in total. The van der Waals surface area contributed by atoms with Crippen molar-refractivity contribution < 1.29 is 40.1 Å². The molecule has 68 valence electrons. The third-order valence-electron chi connectivity index (χ3n) is 2.18. The molecule has 1 atom stereocenters. The quantitative estimate of drug-likeness (QED) is 0.478. The third-order valence-corrected chi connectivity index (χ3v) is 2.73. The van der Waals surface area contributed by atoms with Crippen LogP contribution < -0.4 is 29.6 Å². The average molecular weight is 200 g/mol. The number of hydrogen-bond donors (Lipinski definition) is 0. The van der Waals surface area contributed by atoms with Crippen molar-refractivity contribution in [3.05, 3.63) is 0 Å². The molecular formula is C8H18NaO2P. The zero-order chi connectivity index (χ0) is 8.91. The summed E-state index contributed by atoms with van der Waals surface area (Å²) in [5.74, 6) is 0.453. The Hall–Kier alpha value is 1.06. The Morgan fingerprint density at radius 3 is 2.42 bits per heavy atom. The van der Waals surface area contributed by atoms with Gasteiger partial charge in [-0.05, 0) is 26.2 Å². The Labute approximate surface area is 101 Å². The maximum Gasteiger partial charge on any atom is 1.00 e. The molecule has 12 heavy (non-hydrogen) atoms. The fraction of sp³-hybridized carbons (Fsp3) is 1.00. The van der Waals surface area contributed by atoms with Gasteiger partial charge in [-0.3, -0.25) is 4.52 Å². The topological polar surface area (TPSA) is 26.3 Å². The smallest absolute Gasteiger partial charge is 1.00 e. The van der Waals surface area contributed by atoms with Crippen LogP contribution in [0.3, 0.4) is 0 Å². The molecule has 0 aliphatic rings. The first kappa shape index (κ1) is 15.5. The number of hydrogen-bond acceptors (Lipinski definition) is 2. The largest absolute Gasteiger partial charge is 1.00 e. The summed E-state index contributed by atoms with van der Waals surface area (Å²) in [5.41, 5.74) is -0.265. The molecule has 0 aliphatic heterocycles. The zero-order valence-corrected chi connectivity index (χ0v) is 11.6. The third kappa shape index (κ3) is 5.66. The van der Waals surface area contributed by atoms with Gasteiger partial charge in [0, 0.05) is 0 Å². The van der Waals surface area contributed by atoms with Crippen LogP contribution >= 0.6 is 8.69 Å². The molecule has 0 saturated heterocycles. The van der Waals surface area contributed by atoms with Gasteiger partial charge < -0.3 is 1.43 Å². The van der Waals surface area contributed by atoms with E-state index in [1.165, 1.54) is 0 Å². The monoisotopic (exact) mass is 200 g/mol. The van der Waals surface area contributed by atoms with E-state index in [-0.39, 0.29) is 45.3 Å².